The first-order chi connectivity index (χ1) is 12.2. The lowest BCUT2D eigenvalue weighted by atomic mass is 10.1. The Kier molecular flexibility index (Phi) is 4.51. The predicted octanol–water partition coefficient (Wildman–Crippen LogP) is 3.46. The third-order valence-electron chi connectivity index (χ3n) is 5.12. The number of para-hydroxylation sites is 1. The third kappa shape index (κ3) is 3.43. The fourth-order valence-corrected chi connectivity index (χ4v) is 3.53. The zero-order chi connectivity index (χ0) is 17.2. The number of halogens is 1. The van der Waals surface area contributed by atoms with Crippen molar-refractivity contribution in [1.82, 2.24) is 9.80 Å². The molecule has 0 bridgehead atoms. The smallest absolute Gasteiger partial charge is 0.123 e. The van der Waals surface area contributed by atoms with E-state index in [1.165, 1.54) is 0 Å². The molecule has 2 atom stereocenters. The number of rotatable bonds is 3. The molecule has 1 radical (unpaired) electrons. The van der Waals surface area contributed by atoms with E-state index in [-0.39, 0.29) is 12.0 Å². The van der Waals surface area contributed by atoms with Crippen LogP contribution in [-0.2, 0) is 0 Å². The van der Waals surface area contributed by atoms with E-state index in [0.29, 0.717) is 6.04 Å². The van der Waals surface area contributed by atoms with Crippen molar-refractivity contribution in [1.29, 1.82) is 0 Å². The Hall–Kier alpha value is -2.24. The summed E-state index contributed by atoms with van der Waals surface area (Å²) in [5.74, 6) is -0.180. The van der Waals surface area contributed by atoms with E-state index in [1.807, 2.05) is 36.5 Å². The molecule has 0 aromatic heterocycles. The molecule has 4 rings (SSSR count). The Morgan fingerprint density at radius 1 is 1.16 bits per heavy atom. The van der Waals surface area contributed by atoms with Gasteiger partial charge >= 0.3 is 0 Å². The van der Waals surface area contributed by atoms with Crippen LogP contribution >= 0.6 is 0 Å². The van der Waals surface area contributed by atoms with Gasteiger partial charge in [-0.05, 0) is 30.7 Å². The summed E-state index contributed by atoms with van der Waals surface area (Å²) in [5.41, 5.74) is 3.08. The van der Waals surface area contributed by atoms with Gasteiger partial charge in [0.1, 0.15) is 12.0 Å². The van der Waals surface area contributed by atoms with Crippen LogP contribution in [0.2, 0.25) is 0 Å². The van der Waals surface area contributed by atoms with Crippen LogP contribution in [-0.4, -0.2) is 48.4 Å². The van der Waals surface area contributed by atoms with E-state index in [2.05, 4.69) is 33.1 Å². The van der Waals surface area contributed by atoms with Crippen LogP contribution in [0.3, 0.4) is 0 Å². The maximum absolute atomic E-state index is 13.1. The number of nitrogens with one attached hydrogen (secondary N) is 1. The molecule has 2 aromatic rings. The summed E-state index contributed by atoms with van der Waals surface area (Å²) < 4.78 is 13.1. The zero-order valence-corrected chi connectivity index (χ0v) is 14.3. The van der Waals surface area contributed by atoms with Crippen molar-refractivity contribution in [3.63, 3.8) is 0 Å². The van der Waals surface area contributed by atoms with Crippen molar-refractivity contribution in [2.24, 2.45) is 4.99 Å². The number of benzene rings is 2. The number of piperazine rings is 1. The van der Waals surface area contributed by atoms with Gasteiger partial charge in [0.15, 0.2) is 0 Å². The topological polar surface area (TPSA) is 30.9 Å². The molecule has 2 aromatic carbocycles. The van der Waals surface area contributed by atoms with Gasteiger partial charge in [-0.1, -0.05) is 24.3 Å². The van der Waals surface area contributed by atoms with Gasteiger partial charge in [0.05, 0.1) is 11.4 Å². The number of aliphatic imine (C=N–C) groups is 1. The van der Waals surface area contributed by atoms with Gasteiger partial charge in [-0.2, -0.15) is 0 Å². The van der Waals surface area contributed by atoms with Crippen molar-refractivity contribution in [3.8, 4) is 0 Å². The minimum Gasteiger partial charge on any atom is -0.363 e. The summed E-state index contributed by atoms with van der Waals surface area (Å²) in [6.07, 6.45) is 2.10. The summed E-state index contributed by atoms with van der Waals surface area (Å²) in [7, 11) is 0. The third-order valence-corrected chi connectivity index (χ3v) is 5.12. The average Bonchev–Trinajstić information content (AvgIpc) is 2.68. The van der Waals surface area contributed by atoms with Crippen LogP contribution in [0.25, 0.3) is 0 Å². The number of nitrogens with zero attached hydrogens (tertiary/aromatic N) is 3. The van der Waals surface area contributed by atoms with Gasteiger partial charge in [0, 0.05) is 44.5 Å². The van der Waals surface area contributed by atoms with Crippen molar-refractivity contribution < 1.29 is 4.39 Å². The maximum Gasteiger partial charge on any atom is 0.123 e. The molecule has 2 aliphatic heterocycles. The number of anilines is 1. The van der Waals surface area contributed by atoms with Gasteiger partial charge in [-0.3, -0.25) is 14.8 Å². The number of hydrogen-bond donors (Lipinski definition) is 1. The molecule has 2 unspecified atom stereocenters. The van der Waals surface area contributed by atoms with Gasteiger partial charge in [-0.25, -0.2) is 4.39 Å². The molecule has 4 nitrogen and oxygen atoms in total. The van der Waals surface area contributed by atoms with Crippen LogP contribution in [0.15, 0.2) is 47.5 Å². The van der Waals surface area contributed by atoms with Crippen LogP contribution in [0.5, 0.6) is 0 Å². The highest BCUT2D eigenvalue weighted by molar-refractivity contribution is 5.82. The SMILES string of the molecule is CC(c1ccc(F)cc1)N1CCN(C2C=Nc3[c]cccc3N2)CC1. The molecule has 129 valence electrons. The summed E-state index contributed by atoms with van der Waals surface area (Å²) in [6, 6.07) is 16.2. The lowest BCUT2D eigenvalue weighted by Gasteiger charge is -2.41. The number of hydrogen-bond acceptors (Lipinski definition) is 4. The second-order valence-electron chi connectivity index (χ2n) is 6.60. The first kappa shape index (κ1) is 16.2. The monoisotopic (exact) mass is 337 g/mol. The Bertz CT molecular complexity index is 751. The second kappa shape index (κ2) is 6.94. The lowest BCUT2D eigenvalue weighted by molar-refractivity contribution is 0.0969. The molecular formula is C20H22FN4. The standard InChI is InChI=1S/C20H22FN4/c1-15(16-6-8-17(21)9-7-16)24-10-12-25(13-11-24)20-14-22-18-4-2-3-5-19(18)23-20/h2-3,5-9,14-15,20,23H,10-13H2,1H3. The number of fused-ring (bicyclic) bond motifs is 1. The quantitative estimate of drug-likeness (QED) is 0.930. The fraction of sp³-hybridized carbons (Fsp3) is 0.350. The van der Waals surface area contributed by atoms with Crippen molar-refractivity contribution in [2.45, 2.75) is 19.1 Å². The summed E-state index contributed by atoms with van der Waals surface area (Å²) in [5, 5.41) is 3.53. The normalized spacial score (nSPS) is 22.2. The van der Waals surface area contributed by atoms with E-state index >= 15 is 0 Å². The van der Waals surface area contributed by atoms with Crippen molar-refractivity contribution >= 4 is 17.6 Å². The first-order valence-corrected chi connectivity index (χ1v) is 8.76. The molecule has 0 saturated carbocycles. The highest BCUT2D eigenvalue weighted by Gasteiger charge is 2.27. The summed E-state index contributed by atoms with van der Waals surface area (Å²) >= 11 is 0. The van der Waals surface area contributed by atoms with Crippen molar-refractivity contribution in [3.05, 3.63) is 59.9 Å². The summed E-state index contributed by atoms with van der Waals surface area (Å²) in [4.78, 5) is 9.39. The second-order valence-corrected chi connectivity index (χ2v) is 6.60. The van der Waals surface area contributed by atoms with Crippen molar-refractivity contribution in [2.75, 3.05) is 31.5 Å². The Balaban J connectivity index is 1.37. The minimum absolute atomic E-state index is 0.131. The van der Waals surface area contributed by atoms with E-state index in [0.717, 1.165) is 43.1 Å². The van der Waals surface area contributed by atoms with Crippen LogP contribution < -0.4 is 5.32 Å². The molecule has 1 saturated heterocycles. The predicted molar refractivity (Wildman–Crippen MR) is 98.8 cm³/mol. The molecular weight excluding hydrogens is 315 g/mol. The average molecular weight is 337 g/mol. The highest BCUT2D eigenvalue weighted by Crippen LogP contribution is 2.28. The molecule has 0 spiro atoms. The Morgan fingerprint density at radius 2 is 1.92 bits per heavy atom. The first-order valence-electron chi connectivity index (χ1n) is 8.76. The minimum atomic E-state index is -0.180. The van der Waals surface area contributed by atoms with Gasteiger partial charge < -0.3 is 5.32 Å². The van der Waals surface area contributed by atoms with E-state index in [4.69, 9.17) is 0 Å². The van der Waals surface area contributed by atoms with Crippen LogP contribution in [0, 0.1) is 11.9 Å². The molecule has 2 aliphatic rings. The van der Waals surface area contributed by atoms with Gasteiger partial charge in [-0.15, -0.1) is 0 Å². The lowest BCUT2D eigenvalue weighted by Crippen LogP contribution is -2.53. The van der Waals surface area contributed by atoms with E-state index in [1.54, 1.807) is 12.1 Å². The highest BCUT2D eigenvalue weighted by atomic mass is 19.1. The largest absolute Gasteiger partial charge is 0.363 e. The fourth-order valence-electron chi connectivity index (χ4n) is 3.53. The molecule has 0 aliphatic carbocycles. The van der Waals surface area contributed by atoms with Crippen LogP contribution in [0.1, 0.15) is 18.5 Å². The Morgan fingerprint density at radius 3 is 2.68 bits per heavy atom. The molecule has 1 fully saturated rings. The molecule has 1 N–H and O–H groups in total. The summed E-state index contributed by atoms with van der Waals surface area (Å²) in [6.45, 7) is 6.11. The molecule has 2 heterocycles. The van der Waals surface area contributed by atoms with Gasteiger partial charge in [0.2, 0.25) is 0 Å². The molecule has 25 heavy (non-hydrogen) atoms. The molecule has 5 heteroatoms. The molecule has 0 amide bonds. The van der Waals surface area contributed by atoms with Crippen LogP contribution in [0.4, 0.5) is 15.8 Å². The van der Waals surface area contributed by atoms with E-state index in [9.17, 15) is 4.39 Å². The van der Waals surface area contributed by atoms with Gasteiger partial charge in [0.25, 0.3) is 0 Å². The van der Waals surface area contributed by atoms with E-state index < -0.39 is 0 Å². The zero-order valence-electron chi connectivity index (χ0n) is 14.3. The Labute approximate surface area is 148 Å². The maximum atomic E-state index is 13.1.